The summed E-state index contributed by atoms with van der Waals surface area (Å²) in [4.78, 5) is 39.5. The van der Waals surface area contributed by atoms with Crippen molar-refractivity contribution in [1.29, 1.82) is 0 Å². The molecule has 1 amide bonds. The van der Waals surface area contributed by atoms with Crippen molar-refractivity contribution in [3.05, 3.63) is 98.2 Å². The minimum absolute atomic E-state index is 0.131. The normalized spacial score (nSPS) is 12.9. The molecule has 2 N–H and O–H groups in total. The molecular formula is C24H21BrN3O5P. The fraction of sp³-hybridized carbons (Fsp3) is 0.125. The number of hydrogen-bond acceptors (Lipinski definition) is 5. The molecule has 174 valence electrons. The third kappa shape index (κ3) is 5.03. The van der Waals surface area contributed by atoms with Crippen LogP contribution in [0.2, 0.25) is 0 Å². The first kappa shape index (κ1) is 24.0. The predicted molar refractivity (Wildman–Crippen MR) is 134 cm³/mol. The van der Waals surface area contributed by atoms with E-state index in [0.29, 0.717) is 28.7 Å². The Morgan fingerprint density at radius 1 is 1.15 bits per heavy atom. The maximum absolute atomic E-state index is 12.8. The van der Waals surface area contributed by atoms with Crippen molar-refractivity contribution < 1.29 is 18.8 Å². The molecule has 4 rings (SSSR count). The second-order valence-electron chi connectivity index (χ2n) is 7.64. The summed E-state index contributed by atoms with van der Waals surface area (Å²) in [6.07, 6.45) is 0.420. The van der Waals surface area contributed by atoms with Crippen LogP contribution in [0, 0.1) is 0 Å². The minimum Gasteiger partial charge on any atom is -0.308 e. The molecular weight excluding hydrogens is 521 g/mol. The standard InChI is InChI=1S/C24H21BrN3O5P/c1-28-22(26-21-14-18(25)11-12-20(21)24(28)30)16-9-7-15(8-10-16)13-17-5-3-4-6-19(17)23(29)27-34(31,32)33-2/h3-12,14H,13H2,1-2H3,(H2,27,29,31,32). The van der Waals surface area contributed by atoms with E-state index in [4.69, 9.17) is 0 Å². The smallest absolute Gasteiger partial charge is 0.308 e. The van der Waals surface area contributed by atoms with E-state index < -0.39 is 13.7 Å². The van der Waals surface area contributed by atoms with E-state index in [1.807, 2.05) is 41.5 Å². The molecule has 4 aromatic rings. The lowest BCUT2D eigenvalue weighted by atomic mass is 9.98. The lowest BCUT2D eigenvalue weighted by Crippen LogP contribution is -2.22. The van der Waals surface area contributed by atoms with E-state index in [0.717, 1.165) is 22.7 Å². The van der Waals surface area contributed by atoms with E-state index in [9.17, 15) is 19.0 Å². The van der Waals surface area contributed by atoms with Crippen molar-refractivity contribution in [3.8, 4) is 11.4 Å². The number of amides is 1. The van der Waals surface area contributed by atoms with Crippen molar-refractivity contribution >= 4 is 40.5 Å². The third-order valence-corrected chi connectivity index (χ3v) is 6.87. The van der Waals surface area contributed by atoms with Crippen LogP contribution in [0.15, 0.2) is 76.0 Å². The van der Waals surface area contributed by atoms with Crippen LogP contribution in [0.4, 0.5) is 0 Å². The molecule has 1 aromatic heterocycles. The van der Waals surface area contributed by atoms with Gasteiger partial charge in [-0.15, -0.1) is 0 Å². The van der Waals surface area contributed by atoms with Crippen LogP contribution in [-0.2, 0) is 22.6 Å². The van der Waals surface area contributed by atoms with Gasteiger partial charge in [-0.1, -0.05) is 58.4 Å². The van der Waals surface area contributed by atoms with Gasteiger partial charge < -0.3 is 4.89 Å². The molecule has 10 heteroatoms. The van der Waals surface area contributed by atoms with Crippen molar-refractivity contribution in [2.24, 2.45) is 7.05 Å². The molecule has 3 aromatic carbocycles. The minimum atomic E-state index is -4.20. The Kier molecular flexibility index (Phi) is 6.81. The number of hydrogen-bond donors (Lipinski definition) is 2. The highest BCUT2D eigenvalue weighted by Crippen LogP contribution is 2.35. The molecule has 0 spiro atoms. The Labute approximate surface area is 204 Å². The molecule has 0 aliphatic heterocycles. The molecule has 0 aliphatic rings. The van der Waals surface area contributed by atoms with E-state index in [1.54, 1.807) is 37.4 Å². The van der Waals surface area contributed by atoms with Crippen molar-refractivity contribution in [2.75, 3.05) is 7.11 Å². The van der Waals surface area contributed by atoms with Gasteiger partial charge in [0.2, 0.25) is 0 Å². The molecule has 8 nitrogen and oxygen atoms in total. The van der Waals surface area contributed by atoms with Gasteiger partial charge in [0.25, 0.3) is 11.5 Å². The SMILES string of the molecule is COP(=O)(O)NC(=O)c1ccccc1Cc1ccc(-c2nc3cc(Br)ccc3c(=O)n2C)cc1. The van der Waals surface area contributed by atoms with Gasteiger partial charge in [-0.05, 0) is 41.8 Å². The van der Waals surface area contributed by atoms with Crippen LogP contribution >= 0.6 is 23.7 Å². The van der Waals surface area contributed by atoms with Gasteiger partial charge in [-0.25, -0.2) is 9.55 Å². The quantitative estimate of drug-likeness (QED) is 0.349. The fourth-order valence-electron chi connectivity index (χ4n) is 3.62. The number of nitrogens with one attached hydrogen (secondary N) is 1. The number of carbonyl (C=O) groups excluding carboxylic acids is 1. The van der Waals surface area contributed by atoms with Crippen LogP contribution < -0.4 is 10.6 Å². The van der Waals surface area contributed by atoms with Gasteiger partial charge in [-0.3, -0.25) is 23.8 Å². The molecule has 0 bridgehead atoms. The van der Waals surface area contributed by atoms with E-state index in [-0.39, 0.29) is 11.1 Å². The topological polar surface area (TPSA) is 111 Å². The van der Waals surface area contributed by atoms with Crippen LogP contribution in [-0.4, -0.2) is 27.5 Å². The summed E-state index contributed by atoms with van der Waals surface area (Å²) < 4.78 is 18.5. The highest BCUT2D eigenvalue weighted by molar-refractivity contribution is 9.10. The van der Waals surface area contributed by atoms with E-state index >= 15 is 0 Å². The van der Waals surface area contributed by atoms with Crippen LogP contribution in [0.1, 0.15) is 21.5 Å². The van der Waals surface area contributed by atoms with Gasteiger partial charge in [0.05, 0.1) is 10.9 Å². The van der Waals surface area contributed by atoms with E-state index in [1.165, 1.54) is 4.57 Å². The van der Waals surface area contributed by atoms with Crippen molar-refractivity contribution in [2.45, 2.75) is 6.42 Å². The molecule has 0 fully saturated rings. The lowest BCUT2D eigenvalue weighted by Gasteiger charge is -2.13. The Morgan fingerprint density at radius 2 is 1.85 bits per heavy atom. The monoisotopic (exact) mass is 541 g/mol. The molecule has 34 heavy (non-hydrogen) atoms. The highest BCUT2D eigenvalue weighted by atomic mass is 79.9. The molecule has 1 heterocycles. The third-order valence-electron chi connectivity index (χ3n) is 5.40. The van der Waals surface area contributed by atoms with Gasteiger partial charge in [0.1, 0.15) is 5.82 Å². The van der Waals surface area contributed by atoms with Crippen LogP contribution in [0.5, 0.6) is 0 Å². The number of carbonyl (C=O) groups is 1. The largest absolute Gasteiger partial charge is 0.432 e. The Morgan fingerprint density at radius 3 is 2.56 bits per heavy atom. The van der Waals surface area contributed by atoms with Crippen molar-refractivity contribution in [1.82, 2.24) is 14.6 Å². The van der Waals surface area contributed by atoms with Gasteiger partial charge in [0.15, 0.2) is 0 Å². The Balaban J connectivity index is 1.63. The zero-order valence-corrected chi connectivity index (χ0v) is 20.8. The summed E-state index contributed by atoms with van der Waals surface area (Å²) >= 11 is 3.42. The van der Waals surface area contributed by atoms with E-state index in [2.05, 4.69) is 25.4 Å². The number of fused-ring (bicyclic) bond motifs is 1. The number of nitrogens with zero attached hydrogens (tertiary/aromatic N) is 2. The van der Waals surface area contributed by atoms with Crippen molar-refractivity contribution in [3.63, 3.8) is 0 Å². The van der Waals surface area contributed by atoms with Gasteiger partial charge >= 0.3 is 7.75 Å². The summed E-state index contributed by atoms with van der Waals surface area (Å²) in [5.74, 6) is -0.151. The summed E-state index contributed by atoms with van der Waals surface area (Å²) in [6, 6.07) is 19.7. The number of halogens is 1. The highest BCUT2D eigenvalue weighted by Gasteiger charge is 2.23. The molecule has 0 aliphatic carbocycles. The van der Waals surface area contributed by atoms with Gasteiger partial charge in [-0.2, -0.15) is 0 Å². The molecule has 0 saturated heterocycles. The second-order valence-corrected chi connectivity index (χ2v) is 10.2. The number of benzene rings is 3. The first-order valence-electron chi connectivity index (χ1n) is 10.2. The zero-order valence-electron chi connectivity index (χ0n) is 18.4. The summed E-state index contributed by atoms with van der Waals surface area (Å²) in [6.45, 7) is 0. The molecule has 0 saturated carbocycles. The Hall–Kier alpha value is -3.10. The van der Waals surface area contributed by atoms with Crippen LogP contribution in [0.25, 0.3) is 22.3 Å². The average molecular weight is 542 g/mol. The second kappa shape index (κ2) is 9.64. The van der Waals surface area contributed by atoms with Crippen LogP contribution in [0.3, 0.4) is 0 Å². The summed E-state index contributed by atoms with van der Waals surface area (Å²) in [5, 5.41) is 2.56. The molecule has 1 unspecified atom stereocenters. The Bertz CT molecular complexity index is 1500. The maximum Gasteiger partial charge on any atom is 0.432 e. The molecule has 0 radical (unpaired) electrons. The number of rotatable bonds is 6. The maximum atomic E-state index is 12.8. The first-order chi connectivity index (χ1) is 16.2. The van der Waals surface area contributed by atoms with Gasteiger partial charge in [0, 0.05) is 29.8 Å². The lowest BCUT2D eigenvalue weighted by molar-refractivity contribution is 0.0968. The fourth-order valence-corrected chi connectivity index (χ4v) is 4.44. The first-order valence-corrected chi connectivity index (χ1v) is 12.6. The molecule has 1 atom stereocenters. The predicted octanol–water partition coefficient (Wildman–Crippen LogP) is 4.43. The summed E-state index contributed by atoms with van der Waals surface area (Å²) in [7, 11) is -1.47. The average Bonchev–Trinajstić information content (AvgIpc) is 2.82. The summed E-state index contributed by atoms with van der Waals surface area (Å²) in [5.41, 5.74) is 3.13. The number of aromatic nitrogens is 2. The zero-order chi connectivity index (χ0) is 24.5.